The van der Waals surface area contributed by atoms with E-state index in [1.807, 2.05) is 13.1 Å². The van der Waals surface area contributed by atoms with Crippen molar-refractivity contribution in [3.05, 3.63) is 52.5 Å². The minimum atomic E-state index is -0.399. The second kappa shape index (κ2) is 10.1. The molecule has 1 unspecified atom stereocenters. The SMILES string of the molecule is Cc1nccn1CC1CCCN(C(=O)c2cccn(CC(=O)NC3CCCCC3)c2=O)C1. The summed E-state index contributed by atoms with van der Waals surface area (Å²) in [6.45, 7) is 4.00. The summed E-state index contributed by atoms with van der Waals surface area (Å²) in [5.74, 6) is 0.875. The molecule has 1 aliphatic carbocycles. The van der Waals surface area contributed by atoms with Gasteiger partial charge >= 0.3 is 0 Å². The van der Waals surface area contributed by atoms with Crippen LogP contribution in [0.25, 0.3) is 0 Å². The molecule has 0 bridgehead atoms. The molecule has 2 aromatic rings. The third-order valence-electron chi connectivity index (χ3n) is 6.72. The molecule has 2 aromatic heterocycles. The lowest BCUT2D eigenvalue weighted by Gasteiger charge is -2.33. The number of aromatic nitrogens is 3. The number of imidazole rings is 1. The van der Waals surface area contributed by atoms with Crippen LogP contribution in [0.15, 0.2) is 35.5 Å². The Hall–Kier alpha value is -2.90. The Balaban J connectivity index is 1.40. The van der Waals surface area contributed by atoms with E-state index < -0.39 is 5.56 Å². The zero-order valence-corrected chi connectivity index (χ0v) is 18.8. The van der Waals surface area contributed by atoms with Gasteiger partial charge in [0, 0.05) is 44.3 Å². The largest absolute Gasteiger partial charge is 0.352 e. The molecule has 0 spiro atoms. The van der Waals surface area contributed by atoms with Crippen LogP contribution in [0.3, 0.4) is 0 Å². The molecule has 1 saturated carbocycles. The number of carbonyl (C=O) groups is 2. The molecule has 0 aromatic carbocycles. The molecule has 2 fully saturated rings. The van der Waals surface area contributed by atoms with E-state index in [1.54, 1.807) is 29.4 Å². The first-order valence-electron chi connectivity index (χ1n) is 11.8. The third kappa shape index (κ3) is 5.29. The van der Waals surface area contributed by atoms with Gasteiger partial charge in [-0.1, -0.05) is 19.3 Å². The highest BCUT2D eigenvalue weighted by Gasteiger charge is 2.27. The van der Waals surface area contributed by atoms with Crippen LogP contribution in [-0.4, -0.2) is 50.0 Å². The van der Waals surface area contributed by atoms with Crippen molar-refractivity contribution in [3.63, 3.8) is 0 Å². The first kappa shape index (κ1) is 22.3. The van der Waals surface area contributed by atoms with Gasteiger partial charge in [0.15, 0.2) is 0 Å². The number of hydrogen-bond donors (Lipinski definition) is 1. The molecule has 1 atom stereocenters. The molecule has 172 valence electrons. The van der Waals surface area contributed by atoms with Crippen molar-refractivity contribution in [3.8, 4) is 0 Å². The minimum absolute atomic E-state index is 0.0566. The van der Waals surface area contributed by atoms with Crippen LogP contribution in [0.2, 0.25) is 0 Å². The number of amides is 2. The maximum Gasteiger partial charge on any atom is 0.263 e. The maximum absolute atomic E-state index is 13.2. The predicted molar refractivity (Wildman–Crippen MR) is 121 cm³/mol. The van der Waals surface area contributed by atoms with Gasteiger partial charge in [-0.2, -0.15) is 0 Å². The first-order valence-corrected chi connectivity index (χ1v) is 11.8. The number of hydrogen-bond acceptors (Lipinski definition) is 4. The topological polar surface area (TPSA) is 89.2 Å². The Morgan fingerprint density at radius 2 is 1.91 bits per heavy atom. The smallest absolute Gasteiger partial charge is 0.263 e. The minimum Gasteiger partial charge on any atom is -0.352 e. The molecule has 32 heavy (non-hydrogen) atoms. The summed E-state index contributed by atoms with van der Waals surface area (Å²) in [5.41, 5.74) is -0.263. The number of carbonyl (C=O) groups excluding carboxylic acids is 2. The predicted octanol–water partition coefficient (Wildman–Crippen LogP) is 2.35. The highest BCUT2D eigenvalue weighted by atomic mass is 16.2. The van der Waals surface area contributed by atoms with E-state index in [1.165, 1.54) is 11.0 Å². The summed E-state index contributed by atoms with van der Waals surface area (Å²) < 4.78 is 3.46. The van der Waals surface area contributed by atoms with Crippen molar-refractivity contribution in [2.24, 2.45) is 5.92 Å². The average Bonchev–Trinajstić information content (AvgIpc) is 3.20. The summed E-state index contributed by atoms with van der Waals surface area (Å²) in [4.78, 5) is 44.7. The van der Waals surface area contributed by atoms with Gasteiger partial charge in [0.1, 0.15) is 17.9 Å². The lowest BCUT2D eigenvalue weighted by atomic mass is 9.95. The molecule has 2 aliphatic rings. The molecule has 8 nitrogen and oxygen atoms in total. The van der Waals surface area contributed by atoms with E-state index in [0.29, 0.717) is 19.0 Å². The molecule has 1 aliphatic heterocycles. The van der Waals surface area contributed by atoms with Crippen molar-refractivity contribution >= 4 is 11.8 Å². The normalized spacial score (nSPS) is 19.7. The fourth-order valence-corrected chi connectivity index (χ4v) is 4.94. The van der Waals surface area contributed by atoms with E-state index in [-0.39, 0.29) is 30.0 Å². The molecular weight excluding hydrogens is 406 g/mol. The van der Waals surface area contributed by atoms with Crippen molar-refractivity contribution in [1.82, 2.24) is 24.3 Å². The third-order valence-corrected chi connectivity index (χ3v) is 6.72. The van der Waals surface area contributed by atoms with Crippen LogP contribution in [0.1, 0.15) is 61.1 Å². The molecular formula is C24H33N5O3. The van der Waals surface area contributed by atoms with Gasteiger partial charge in [-0.05, 0) is 50.7 Å². The Morgan fingerprint density at radius 1 is 1.09 bits per heavy atom. The second-order valence-electron chi connectivity index (χ2n) is 9.14. The molecule has 0 radical (unpaired) electrons. The molecule has 2 amide bonds. The number of aryl methyl sites for hydroxylation is 1. The van der Waals surface area contributed by atoms with Crippen molar-refractivity contribution in [2.45, 2.75) is 71.0 Å². The van der Waals surface area contributed by atoms with E-state index in [9.17, 15) is 14.4 Å². The van der Waals surface area contributed by atoms with Gasteiger partial charge in [-0.15, -0.1) is 0 Å². The van der Waals surface area contributed by atoms with Crippen LogP contribution in [-0.2, 0) is 17.9 Å². The van der Waals surface area contributed by atoms with Crippen LogP contribution < -0.4 is 10.9 Å². The van der Waals surface area contributed by atoms with Crippen molar-refractivity contribution in [1.29, 1.82) is 0 Å². The Morgan fingerprint density at radius 3 is 2.66 bits per heavy atom. The number of likely N-dealkylation sites (tertiary alicyclic amines) is 1. The number of pyridine rings is 1. The maximum atomic E-state index is 13.2. The quantitative estimate of drug-likeness (QED) is 0.748. The van der Waals surface area contributed by atoms with Crippen LogP contribution in [0, 0.1) is 12.8 Å². The fourth-order valence-electron chi connectivity index (χ4n) is 4.94. The van der Waals surface area contributed by atoms with Gasteiger partial charge in [0.25, 0.3) is 11.5 Å². The van der Waals surface area contributed by atoms with E-state index in [2.05, 4.69) is 14.9 Å². The van der Waals surface area contributed by atoms with Gasteiger partial charge < -0.3 is 19.4 Å². The van der Waals surface area contributed by atoms with Crippen molar-refractivity contribution < 1.29 is 9.59 Å². The molecule has 1 N–H and O–H groups in total. The summed E-state index contributed by atoms with van der Waals surface area (Å²) in [7, 11) is 0. The Bertz CT molecular complexity index is 1010. The summed E-state index contributed by atoms with van der Waals surface area (Å²) in [5, 5.41) is 3.04. The fraction of sp³-hybridized carbons (Fsp3) is 0.583. The number of rotatable bonds is 6. The zero-order valence-electron chi connectivity index (χ0n) is 18.8. The summed E-state index contributed by atoms with van der Waals surface area (Å²) in [6, 6.07) is 3.45. The van der Waals surface area contributed by atoms with Gasteiger partial charge in [0.05, 0.1) is 0 Å². The van der Waals surface area contributed by atoms with Crippen LogP contribution >= 0.6 is 0 Å². The van der Waals surface area contributed by atoms with Crippen LogP contribution in [0.5, 0.6) is 0 Å². The highest BCUT2D eigenvalue weighted by Crippen LogP contribution is 2.20. The van der Waals surface area contributed by atoms with E-state index in [0.717, 1.165) is 50.9 Å². The zero-order chi connectivity index (χ0) is 22.5. The summed E-state index contributed by atoms with van der Waals surface area (Å²) in [6.07, 6.45) is 12.8. The number of piperidine rings is 1. The number of nitrogens with zero attached hydrogens (tertiary/aromatic N) is 4. The van der Waals surface area contributed by atoms with Gasteiger partial charge in [-0.25, -0.2) is 4.98 Å². The van der Waals surface area contributed by atoms with Crippen LogP contribution in [0.4, 0.5) is 0 Å². The van der Waals surface area contributed by atoms with Gasteiger partial charge in [0.2, 0.25) is 5.91 Å². The lowest BCUT2D eigenvalue weighted by molar-refractivity contribution is -0.122. The molecule has 3 heterocycles. The molecule has 1 saturated heterocycles. The van der Waals surface area contributed by atoms with E-state index >= 15 is 0 Å². The lowest BCUT2D eigenvalue weighted by Crippen LogP contribution is -2.44. The number of nitrogens with one attached hydrogen (secondary N) is 1. The van der Waals surface area contributed by atoms with Gasteiger partial charge in [-0.3, -0.25) is 14.4 Å². The Kier molecular flexibility index (Phi) is 7.07. The standard InChI is InChI=1S/C24H33N5O3/c1-18-25-11-14-27(18)15-19-7-5-12-28(16-19)23(31)21-10-6-13-29(24(21)32)17-22(30)26-20-8-3-2-4-9-20/h6,10-11,13-14,19-20H,2-5,7-9,12,15-17H2,1H3,(H,26,30). The van der Waals surface area contributed by atoms with Crippen molar-refractivity contribution in [2.75, 3.05) is 13.1 Å². The molecule has 8 heteroatoms. The second-order valence-corrected chi connectivity index (χ2v) is 9.14. The molecule has 4 rings (SSSR count). The van der Waals surface area contributed by atoms with E-state index in [4.69, 9.17) is 0 Å². The highest BCUT2D eigenvalue weighted by molar-refractivity contribution is 5.94. The first-order chi connectivity index (χ1) is 15.5. The Labute approximate surface area is 188 Å². The summed E-state index contributed by atoms with van der Waals surface area (Å²) >= 11 is 0. The average molecular weight is 440 g/mol. The monoisotopic (exact) mass is 439 g/mol.